The van der Waals surface area contributed by atoms with E-state index in [0.29, 0.717) is 5.56 Å². The minimum Gasteiger partial charge on any atom is -0.295 e. The van der Waals surface area contributed by atoms with Crippen LogP contribution in [0.3, 0.4) is 0 Å². The van der Waals surface area contributed by atoms with Crippen molar-refractivity contribution in [3.05, 3.63) is 62.1 Å². The summed E-state index contributed by atoms with van der Waals surface area (Å²) in [5, 5.41) is 14.5. The van der Waals surface area contributed by atoms with Crippen LogP contribution in [0, 0.1) is 10.5 Å². The highest BCUT2D eigenvalue weighted by atomic mass is 127. The first-order valence-corrected chi connectivity index (χ1v) is 7.19. The number of aromatic amines is 1. The van der Waals surface area contributed by atoms with Crippen molar-refractivity contribution in [2.45, 2.75) is 6.92 Å². The van der Waals surface area contributed by atoms with Crippen molar-refractivity contribution in [1.82, 2.24) is 24.7 Å². The van der Waals surface area contributed by atoms with Crippen LogP contribution >= 0.6 is 22.6 Å². The number of aromatic nitrogens is 5. The molecule has 8 heteroatoms. The molecule has 0 spiro atoms. The summed E-state index contributed by atoms with van der Waals surface area (Å²) in [6.07, 6.45) is 4.41. The van der Waals surface area contributed by atoms with Gasteiger partial charge in [0, 0.05) is 9.26 Å². The lowest BCUT2D eigenvalue weighted by atomic mass is 10.3. The number of hydrogen-bond donors (Lipinski definition) is 1. The highest BCUT2D eigenvalue weighted by molar-refractivity contribution is 14.1. The third-order valence-corrected chi connectivity index (χ3v) is 3.65. The van der Waals surface area contributed by atoms with Crippen molar-refractivity contribution >= 4 is 28.8 Å². The van der Waals surface area contributed by atoms with Gasteiger partial charge in [0.15, 0.2) is 0 Å². The molecule has 21 heavy (non-hydrogen) atoms. The largest absolute Gasteiger partial charge is 0.295 e. The van der Waals surface area contributed by atoms with Crippen LogP contribution in [0.5, 0.6) is 0 Å². The number of halogens is 1. The van der Waals surface area contributed by atoms with Gasteiger partial charge in [-0.1, -0.05) is 0 Å². The van der Waals surface area contributed by atoms with E-state index in [1.54, 1.807) is 0 Å². The zero-order valence-corrected chi connectivity index (χ0v) is 13.2. The molecule has 1 N–H and O–H groups in total. The maximum atomic E-state index is 12.4. The molecule has 0 radical (unpaired) electrons. The predicted molar refractivity (Wildman–Crippen MR) is 86.9 cm³/mol. The number of aryl methyl sites for hydroxylation is 1. The molecule has 0 aliphatic rings. The average Bonchev–Trinajstić information content (AvgIpc) is 3.07. The minimum absolute atomic E-state index is 0.148. The Balaban J connectivity index is 2.00. The van der Waals surface area contributed by atoms with Crippen LogP contribution < -0.4 is 5.56 Å². The van der Waals surface area contributed by atoms with Crippen molar-refractivity contribution in [1.29, 1.82) is 0 Å². The second-order valence-electron chi connectivity index (χ2n) is 4.35. The molecule has 3 aromatic rings. The molecular weight excluding hydrogens is 383 g/mol. The number of benzene rings is 1. The molecule has 0 aliphatic heterocycles. The van der Waals surface area contributed by atoms with Crippen LogP contribution in [-0.4, -0.2) is 30.9 Å². The first kappa shape index (κ1) is 13.7. The third kappa shape index (κ3) is 2.79. The number of H-pyrrole nitrogens is 1. The molecule has 2 heterocycles. The Labute approximate surface area is 133 Å². The van der Waals surface area contributed by atoms with Crippen LogP contribution in [0.25, 0.3) is 5.69 Å². The fourth-order valence-electron chi connectivity index (χ4n) is 1.86. The van der Waals surface area contributed by atoms with Gasteiger partial charge in [-0.2, -0.15) is 5.10 Å². The standard InChI is InChI=1S/C13H11IN6O/c1-9-12(6-17-19-7-15-16-8-19)13(21)20(18-9)11-4-2-10(14)3-5-11/h2-8,18H,1H3/b17-6+. The highest BCUT2D eigenvalue weighted by Crippen LogP contribution is 2.10. The lowest BCUT2D eigenvalue weighted by Gasteiger charge is -2.00. The molecule has 2 aromatic heterocycles. The Hall–Kier alpha value is -2.23. The molecule has 0 unspecified atom stereocenters. The number of rotatable bonds is 3. The fraction of sp³-hybridized carbons (Fsp3) is 0.0769. The van der Waals surface area contributed by atoms with Crippen LogP contribution in [-0.2, 0) is 0 Å². The van der Waals surface area contributed by atoms with E-state index in [-0.39, 0.29) is 5.56 Å². The fourth-order valence-corrected chi connectivity index (χ4v) is 2.22. The lowest BCUT2D eigenvalue weighted by molar-refractivity contribution is 0.835. The lowest BCUT2D eigenvalue weighted by Crippen LogP contribution is -2.17. The van der Waals surface area contributed by atoms with Gasteiger partial charge in [0.25, 0.3) is 5.56 Å². The zero-order chi connectivity index (χ0) is 14.8. The van der Waals surface area contributed by atoms with Crippen molar-refractivity contribution in [3.63, 3.8) is 0 Å². The van der Waals surface area contributed by atoms with Crippen LogP contribution in [0.15, 0.2) is 46.8 Å². The molecule has 7 nitrogen and oxygen atoms in total. The summed E-state index contributed by atoms with van der Waals surface area (Å²) in [6, 6.07) is 7.67. The normalized spacial score (nSPS) is 11.3. The molecule has 3 rings (SSSR count). The smallest absolute Gasteiger partial charge is 0.280 e. The van der Waals surface area contributed by atoms with Crippen molar-refractivity contribution < 1.29 is 0 Å². The monoisotopic (exact) mass is 394 g/mol. The van der Waals surface area contributed by atoms with Gasteiger partial charge in [0.05, 0.1) is 17.5 Å². The van der Waals surface area contributed by atoms with Gasteiger partial charge in [0.2, 0.25) is 0 Å². The van der Waals surface area contributed by atoms with Gasteiger partial charge < -0.3 is 0 Å². The molecule has 0 aliphatic carbocycles. The van der Waals surface area contributed by atoms with Gasteiger partial charge >= 0.3 is 0 Å². The number of nitrogens with one attached hydrogen (secondary N) is 1. The summed E-state index contributed by atoms with van der Waals surface area (Å²) in [5.74, 6) is 0. The second kappa shape index (κ2) is 5.64. The molecule has 0 saturated heterocycles. The Morgan fingerprint density at radius 1 is 1.24 bits per heavy atom. The number of nitrogens with zero attached hydrogens (tertiary/aromatic N) is 5. The zero-order valence-electron chi connectivity index (χ0n) is 11.1. The van der Waals surface area contributed by atoms with E-state index in [1.165, 1.54) is 28.2 Å². The predicted octanol–water partition coefficient (Wildman–Crippen LogP) is 1.55. The number of hydrogen-bond acceptors (Lipinski definition) is 4. The molecule has 106 valence electrons. The van der Waals surface area contributed by atoms with Gasteiger partial charge in [-0.15, -0.1) is 10.2 Å². The maximum Gasteiger partial charge on any atom is 0.280 e. The summed E-state index contributed by atoms with van der Waals surface area (Å²) < 4.78 is 4.04. The summed E-state index contributed by atoms with van der Waals surface area (Å²) >= 11 is 2.22. The molecule has 0 fully saturated rings. The summed E-state index contributed by atoms with van der Waals surface area (Å²) in [7, 11) is 0. The molecular formula is C13H11IN6O. The summed E-state index contributed by atoms with van der Waals surface area (Å²) in [4.78, 5) is 12.4. The van der Waals surface area contributed by atoms with E-state index in [4.69, 9.17) is 0 Å². The van der Waals surface area contributed by atoms with Crippen LogP contribution in [0.2, 0.25) is 0 Å². The van der Waals surface area contributed by atoms with Crippen LogP contribution in [0.4, 0.5) is 0 Å². The first-order chi connectivity index (χ1) is 10.1. The average molecular weight is 394 g/mol. The Morgan fingerprint density at radius 2 is 1.90 bits per heavy atom. The molecule has 0 saturated carbocycles. The van der Waals surface area contributed by atoms with Crippen molar-refractivity contribution in [2.75, 3.05) is 0 Å². The van der Waals surface area contributed by atoms with E-state index in [2.05, 4.69) is 43.0 Å². The van der Waals surface area contributed by atoms with E-state index in [9.17, 15) is 4.79 Å². The van der Waals surface area contributed by atoms with E-state index in [1.807, 2.05) is 31.2 Å². The second-order valence-corrected chi connectivity index (χ2v) is 5.60. The quantitative estimate of drug-likeness (QED) is 0.541. The first-order valence-electron chi connectivity index (χ1n) is 6.11. The summed E-state index contributed by atoms with van der Waals surface area (Å²) in [6.45, 7) is 1.83. The van der Waals surface area contributed by atoms with Gasteiger partial charge in [0.1, 0.15) is 12.7 Å². The van der Waals surface area contributed by atoms with Crippen LogP contribution in [0.1, 0.15) is 11.3 Å². The van der Waals surface area contributed by atoms with Gasteiger partial charge in [-0.25, -0.2) is 9.36 Å². The maximum absolute atomic E-state index is 12.4. The highest BCUT2D eigenvalue weighted by Gasteiger charge is 2.10. The van der Waals surface area contributed by atoms with E-state index in [0.717, 1.165) is 15.0 Å². The Kier molecular flexibility index (Phi) is 3.69. The Bertz CT molecular complexity index is 829. The van der Waals surface area contributed by atoms with Gasteiger partial charge in [-0.3, -0.25) is 9.89 Å². The van der Waals surface area contributed by atoms with E-state index < -0.39 is 0 Å². The molecule has 0 atom stereocenters. The van der Waals surface area contributed by atoms with Crippen molar-refractivity contribution in [3.8, 4) is 5.69 Å². The van der Waals surface area contributed by atoms with E-state index >= 15 is 0 Å². The molecule has 0 amide bonds. The summed E-state index contributed by atoms with van der Waals surface area (Å²) in [5.41, 5.74) is 1.88. The molecule has 1 aromatic carbocycles. The van der Waals surface area contributed by atoms with Crippen molar-refractivity contribution in [2.24, 2.45) is 5.10 Å². The molecule has 0 bridgehead atoms. The minimum atomic E-state index is -0.148. The Morgan fingerprint density at radius 3 is 2.57 bits per heavy atom. The topological polar surface area (TPSA) is 80.9 Å². The van der Waals surface area contributed by atoms with Gasteiger partial charge in [-0.05, 0) is 53.8 Å². The SMILES string of the molecule is Cc1[nH]n(-c2ccc(I)cc2)c(=O)c1/C=N/n1cnnc1. The third-order valence-electron chi connectivity index (χ3n) is 2.93.